The van der Waals surface area contributed by atoms with E-state index in [9.17, 15) is 9.59 Å². The summed E-state index contributed by atoms with van der Waals surface area (Å²) in [6.45, 7) is 2.03. The van der Waals surface area contributed by atoms with Crippen LogP contribution in [-0.2, 0) is 9.53 Å². The molecule has 22 heavy (non-hydrogen) atoms. The van der Waals surface area contributed by atoms with Gasteiger partial charge in [-0.3, -0.25) is 9.59 Å². The van der Waals surface area contributed by atoms with Gasteiger partial charge >= 0.3 is 0 Å². The number of ketones is 1. The van der Waals surface area contributed by atoms with E-state index in [1.165, 1.54) is 0 Å². The lowest BCUT2D eigenvalue weighted by atomic mass is 9.74. The summed E-state index contributed by atoms with van der Waals surface area (Å²) in [5.41, 5.74) is 0.683. The van der Waals surface area contributed by atoms with Crippen LogP contribution in [0.15, 0.2) is 30.3 Å². The van der Waals surface area contributed by atoms with Crippen molar-refractivity contribution in [3.63, 3.8) is 0 Å². The summed E-state index contributed by atoms with van der Waals surface area (Å²) in [7, 11) is 1.71. The average Bonchev–Trinajstić information content (AvgIpc) is 2.54. The number of hydrogen-bond acceptors (Lipinski definition) is 3. The van der Waals surface area contributed by atoms with E-state index >= 15 is 0 Å². The molecule has 118 valence electrons. The minimum Gasteiger partial charge on any atom is -0.379 e. The highest BCUT2D eigenvalue weighted by atomic mass is 16.5. The molecule has 0 radical (unpaired) electrons. The van der Waals surface area contributed by atoms with Gasteiger partial charge in [0.25, 0.3) is 5.91 Å². The van der Waals surface area contributed by atoms with Crippen LogP contribution >= 0.6 is 0 Å². The number of ether oxygens (including phenoxy) is 1. The van der Waals surface area contributed by atoms with Gasteiger partial charge in [0, 0.05) is 31.6 Å². The Morgan fingerprint density at radius 3 is 2.68 bits per heavy atom. The number of carbonyl (C=O) groups excluding carboxylic acids is 2. The van der Waals surface area contributed by atoms with Gasteiger partial charge in [0.05, 0.1) is 12.1 Å². The van der Waals surface area contributed by atoms with E-state index in [1.54, 1.807) is 7.11 Å². The molecule has 1 amide bonds. The molecule has 0 bridgehead atoms. The molecule has 0 spiro atoms. The lowest BCUT2D eigenvalue weighted by molar-refractivity contribution is -0.127. The van der Waals surface area contributed by atoms with E-state index in [0.717, 1.165) is 12.8 Å². The van der Waals surface area contributed by atoms with Crippen molar-refractivity contribution in [3.8, 4) is 0 Å². The Hall–Kier alpha value is -1.68. The first-order chi connectivity index (χ1) is 10.6. The standard InChI is InChI=1S/C18H23NO3/c1-12-17(22-2)10-14-8-9-15(20)11-16(14)19(12)18(21)13-6-4-3-5-7-13/h3-7,12,14,16-17H,8-11H2,1-2H3/t12-,14-,16-,17-/m0/s1. The molecular formula is C18H23NO3. The van der Waals surface area contributed by atoms with Gasteiger partial charge in [-0.1, -0.05) is 18.2 Å². The largest absolute Gasteiger partial charge is 0.379 e. The number of amides is 1. The molecule has 0 N–H and O–H groups in total. The summed E-state index contributed by atoms with van der Waals surface area (Å²) in [6.07, 6.45) is 2.98. The van der Waals surface area contributed by atoms with Gasteiger partial charge in [-0.2, -0.15) is 0 Å². The number of nitrogens with zero attached hydrogens (tertiary/aromatic N) is 1. The first kappa shape index (κ1) is 15.2. The third-order valence-electron chi connectivity index (χ3n) is 5.20. The number of likely N-dealkylation sites (tertiary alicyclic amines) is 1. The van der Waals surface area contributed by atoms with Crippen molar-refractivity contribution < 1.29 is 14.3 Å². The molecule has 1 saturated carbocycles. The molecule has 4 heteroatoms. The Labute approximate surface area is 131 Å². The van der Waals surface area contributed by atoms with Crippen LogP contribution in [-0.4, -0.2) is 41.9 Å². The summed E-state index contributed by atoms with van der Waals surface area (Å²) >= 11 is 0. The monoisotopic (exact) mass is 301 g/mol. The summed E-state index contributed by atoms with van der Waals surface area (Å²) < 4.78 is 5.62. The van der Waals surface area contributed by atoms with Crippen LogP contribution in [0.1, 0.15) is 43.0 Å². The van der Waals surface area contributed by atoms with Gasteiger partial charge < -0.3 is 9.64 Å². The number of methoxy groups -OCH3 is 1. The zero-order valence-corrected chi connectivity index (χ0v) is 13.2. The second kappa shape index (κ2) is 6.21. The molecule has 1 aliphatic carbocycles. The number of benzene rings is 1. The first-order valence-corrected chi connectivity index (χ1v) is 8.04. The van der Waals surface area contributed by atoms with E-state index < -0.39 is 0 Å². The van der Waals surface area contributed by atoms with E-state index in [2.05, 4.69) is 0 Å². The summed E-state index contributed by atoms with van der Waals surface area (Å²) in [5, 5.41) is 0. The maximum atomic E-state index is 13.0. The Morgan fingerprint density at radius 2 is 2.00 bits per heavy atom. The minimum absolute atomic E-state index is 0.00939. The highest BCUT2D eigenvalue weighted by Gasteiger charge is 2.45. The number of piperidine rings is 1. The van der Waals surface area contributed by atoms with Crippen LogP contribution in [0.5, 0.6) is 0 Å². The van der Waals surface area contributed by atoms with Crippen molar-refractivity contribution in [1.29, 1.82) is 0 Å². The second-order valence-electron chi connectivity index (χ2n) is 6.44. The molecule has 2 fully saturated rings. The van der Waals surface area contributed by atoms with E-state index in [1.807, 2.05) is 42.2 Å². The fourth-order valence-electron chi connectivity index (χ4n) is 3.98. The number of carbonyl (C=O) groups is 2. The quantitative estimate of drug-likeness (QED) is 0.843. The Morgan fingerprint density at radius 1 is 1.27 bits per heavy atom. The van der Waals surface area contributed by atoms with Crippen LogP contribution in [0, 0.1) is 5.92 Å². The molecule has 4 nitrogen and oxygen atoms in total. The number of Topliss-reactive ketones (excluding diaryl/α,β-unsaturated/α-hetero) is 1. The van der Waals surface area contributed by atoms with E-state index in [0.29, 0.717) is 24.3 Å². The van der Waals surface area contributed by atoms with Crippen LogP contribution in [0.3, 0.4) is 0 Å². The Bertz CT molecular complexity index is 557. The highest BCUT2D eigenvalue weighted by molar-refractivity contribution is 5.95. The highest BCUT2D eigenvalue weighted by Crippen LogP contribution is 2.38. The van der Waals surface area contributed by atoms with Crippen LogP contribution in [0.4, 0.5) is 0 Å². The molecular weight excluding hydrogens is 278 g/mol. The third-order valence-corrected chi connectivity index (χ3v) is 5.20. The van der Waals surface area contributed by atoms with Gasteiger partial charge in [0.1, 0.15) is 5.78 Å². The zero-order chi connectivity index (χ0) is 15.7. The number of rotatable bonds is 2. The van der Waals surface area contributed by atoms with Crippen molar-refractivity contribution in [2.24, 2.45) is 5.92 Å². The van der Waals surface area contributed by atoms with E-state index in [-0.39, 0.29) is 29.9 Å². The molecule has 2 aliphatic rings. The van der Waals surface area contributed by atoms with Crippen molar-refractivity contribution in [2.75, 3.05) is 7.11 Å². The minimum atomic E-state index is -0.00939. The van der Waals surface area contributed by atoms with Gasteiger partial charge in [-0.05, 0) is 37.8 Å². The van der Waals surface area contributed by atoms with E-state index in [4.69, 9.17) is 4.74 Å². The molecule has 1 heterocycles. The summed E-state index contributed by atoms with van der Waals surface area (Å²) in [6, 6.07) is 9.34. The van der Waals surface area contributed by atoms with Crippen molar-refractivity contribution >= 4 is 11.7 Å². The molecule has 0 unspecified atom stereocenters. The molecule has 1 aliphatic heterocycles. The second-order valence-corrected chi connectivity index (χ2v) is 6.44. The number of fused-ring (bicyclic) bond motifs is 1. The van der Waals surface area contributed by atoms with Gasteiger partial charge in [-0.25, -0.2) is 0 Å². The Kier molecular flexibility index (Phi) is 4.30. The molecule has 1 aromatic rings. The lowest BCUT2D eigenvalue weighted by Crippen LogP contribution is -2.60. The normalized spacial score (nSPS) is 31.7. The van der Waals surface area contributed by atoms with Gasteiger partial charge in [0.15, 0.2) is 0 Å². The summed E-state index contributed by atoms with van der Waals surface area (Å²) in [4.78, 5) is 26.8. The smallest absolute Gasteiger partial charge is 0.254 e. The molecule has 0 aromatic heterocycles. The van der Waals surface area contributed by atoms with Crippen molar-refractivity contribution in [1.82, 2.24) is 4.90 Å². The number of hydrogen-bond donors (Lipinski definition) is 0. The molecule has 1 aromatic carbocycles. The summed E-state index contributed by atoms with van der Waals surface area (Å²) in [5.74, 6) is 0.654. The maximum absolute atomic E-state index is 13.0. The van der Waals surface area contributed by atoms with Crippen LogP contribution < -0.4 is 0 Å². The Balaban J connectivity index is 1.93. The molecule has 4 atom stereocenters. The van der Waals surface area contributed by atoms with Crippen LogP contribution in [0.25, 0.3) is 0 Å². The molecule has 1 saturated heterocycles. The first-order valence-electron chi connectivity index (χ1n) is 8.04. The zero-order valence-electron chi connectivity index (χ0n) is 13.2. The fraction of sp³-hybridized carbons (Fsp3) is 0.556. The van der Waals surface area contributed by atoms with Crippen LogP contribution in [0.2, 0.25) is 0 Å². The average molecular weight is 301 g/mol. The maximum Gasteiger partial charge on any atom is 0.254 e. The third kappa shape index (κ3) is 2.68. The predicted octanol–water partition coefficient (Wildman–Crippen LogP) is 2.67. The topological polar surface area (TPSA) is 46.6 Å². The fourth-order valence-corrected chi connectivity index (χ4v) is 3.98. The SMILES string of the molecule is CO[C@H]1C[C@@H]2CCC(=O)C[C@@H]2N(C(=O)c2ccccc2)[C@H]1C. The lowest BCUT2D eigenvalue weighted by Gasteiger charge is -2.50. The predicted molar refractivity (Wildman–Crippen MR) is 83.6 cm³/mol. The van der Waals surface area contributed by atoms with Crippen molar-refractivity contribution in [3.05, 3.63) is 35.9 Å². The van der Waals surface area contributed by atoms with Crippen molar-refractivity contribution in [2.45, 2.75) is 50.8 Å². The molecule has 3 rings (SSSR count). The van der Waals surface area contributed by atoms with Gasteiger partial charge in [0.2, 0.25) is 0 Å². The van der Waals surface area contributed by atoms with Gasteiger partial charge in [-0.15, -0.1) is 0 Å².